The minimum atomic E-state index is -3.57. The molecule has 0 fully saturated rings. The van der Waals surface area contributed by atoms with Crippen LogP contribution in [0.4, 0.5) is 0 Å². The highest BCUT2D eigenvalue weighted by Crippen LogP contribution is 2.25. The maximum atomic E-state index is 12.5. The Morgan fingerprint density at radius 3 is 2.57 bits per heavy atom. The Kier molecular flexibility index (Phi) is 5.43. The normalized spacial score (nSPS) is 11.7. The summed E-state index contributed by atoms with van der Waals surface area (Å²) < 4.78 is 38.1. The van der Waals surface area contributed by atoms with Gasteiger partial charge in [0.25, 0.3) is 0 Å². The second-order valence-electron chi connectivity index (χ2n) is 5.32. The van der Waals surface area contributed by atoms with E-state index in [4.69, 9.17) is 9.15 Å². The number of nitrogens with one attached hydrogen (secondary N) is 1. The molecule has 0 saturated carbocycles. The molecule has 0 saturated heterocycles. The lowest BCUT2D eigenvalue weighted by atomic mass is 10.1. The Morgan fingerprint density at radius 2 is 1.96 bits per heavy atom. The Hall–Kier alpha value is -1.86. The molecule has 0 aliphatic rings. The van der Waals surface area contributed by atoms with Crippen LogP contribution in [0.15, 0.2) is 27.7 Å². The van der Waals surface area contributed by atoms with Crippen molar-refractivity contribution in [2.24, 2.45) is 0 Å². The van der Waals surface area contributed by atoms with E-state index in [0.717, 1.165) is 11.3 Å². The average Bonchev–Trinajstić information content (AvgIpc) is 2.88. The first kappa shape index (κ1) is 17.5. The first-order valence-corrected chi connectivity index (χ1v) is 8.96. The molecule has 126 valence electrons. The van der Waals surface area contributed by atoms with Crippen LogP contribution in [0.25, 0.3) is 0 Å². The lowest BCUT2D eigenvalue weighted by Gasteiger charge is -2.13. The summed E-state index contributed by atoms with van der Waals surface area (Å²) in [6.45, 7) is 8.05. The number of rotatable bonds is 7. The summed E-state index contributed by atoms with van der Waals surface area (Å²) in [7, 11) is -3.57. The van der Waals surface area contributed by atoms with Crippen LogP contribution in [-0.2, 0) is 16.4 Å². The Morgan fingerprint density at radius 1 is 1.22 bits per heavy atom. The summed E-state index contributed by atoms with van der Waals surface area (Å²) in [6.07, 6.45) is 2.02. The predicted octanol–water partition coefficient (Wildman–Crippen LogP) is 2.52. The van der Waals surface area contributed by atoms with Gasteiger partial charge in [0.15, 0.2) is 5.89 Å². The van der Waals surface area contributed by atoms with E-state index in [1.165, 1.54) is 6.26 Å². The number of aromatic nitrogens is 1. The zero-order valence-corrected chi connectivity index (χ0v) is 14.7. The van der Waals surface area contributed by atoms with Crippen molar-refractivity contribution in [1.82, 2.24) is 9.71 Å². The molecule has 1 aromatic carbocycles. The highest BCUT2D eigenvalue weighted by Gasteiger charge is 2.18. The molecule has 0 atom stereocenters. The van der Waals surface area contributed by atoms with Gasteiger partial charge in [0.2, 0.25) is 10.0 Å². The van der Waals surface area contributed by atoms with Crippen LogP contribution in [0.3, 0.4) is 0 Å². The minimum absolute atomic E-state index is 0.264. The number of hydrogen-bond acceptors (Lipinski definition) is 5. The number of benzene rings is 1. The molecule has 7 heteroatoms. The van der Waals surface area contributed by atoms with Crippen molar-refractivity contribution in [3.05, 3.63) is 41.1 Å². The molecule has 1 aromatic heterocycles. The van der Waals surface area contributed by atoms with Crippen molar-refractivity contribution >= 4 is 10.0 Å². The topological polar surface area (TPSA) is 81.4 Å². The molecule has 0 radical (unpaired) electrons. The zero-order valence-electron chi connectivity index (χ0n) is 13.8. The van der Waals surface area contributed by atoms with E-state index in [1.807, 2.05) is 13.8 Å². The molecule has 0 aliphatic carbocycles. The van der Waals surface area contributed by atoms with Crippen LogP contribution in [0.1, 0.15) is 29.6 Å². The number of ether oxygens (including phenoxy) is 1. The summed E-state index contributed by atoms with van der Waals surface area (Å²) in [6, 6.07) is 3.40. The third-order valence-electron chi connectivity index (χ3n) is 3.40. The highest BCUT2D eigenvalue weighted by atomic mass is 32.2. The van der Waals surface area contributed by atoms with Gasteiger partial charge >= 0.3 is 0 Å². The van der Waals surface area contributed by atoms with Gasteiger partial charge in [-0.1, -0.05) is 0 Å². The summed E-state index contributed by atoms with van der Waals surface area (Å²) in [5.74, 6) is 1.28. The van der Waals surface area contributed by atoms with Crippen LogP contribution in [0, 0.1) is 20.8 Å². The molecule has 0 spiro atoms. The van der Waals surface area contributed by atoms with Crippen molar-refractivity contribution < 1.29 is 17.6 Å². The molecule has 1 N–H and O–H groups in total. The molecular weight excluding hydrogens is 316 g/mol. The van der Waals surface area contributed by atoms with E-state index in [1.54, 1.807) is 26.0 Å². The molecule has 0 bridgehead atoms. The summed E-state index contributed by atoms with van der Waals surface area (Å²) in [4.78, 5) is 4.42. The van der Waals surface area contributed by atoms with E-state index in [2.05, 4.69) is 9.71 Å². The van der Waals surface area contributed by atoms with Gasteiger partial charge in [0, 0.05) is 19.9 Å². The predicted molar refractivity (Wildman–Crippen MR) is 87.2 cm³/mol. The second kappa shape index (κ2) is 7.14. The van der Waals surface area contributed by atoms with Crippen molar-refractivity contribution in [2.75, 3.05) is 13.2 Å². The number of hydrogen-bond donors (Lipinski definition) is 1. The lowest BCUT2D eigenvalue weighted by molar-refractivity contribution is 0.337. The minimum Gasteiger partial charge on any atom is -0.494 e. The third-order valence-corrected chi connectivity index (χ3v) is 5.00. The van der Waals surface area contributed by atoms with Crippen molar-refractivity contribution in [2.45, 2.75) is 39.0 Å². The van der Waals surface area contributed by atoms with E-state index < -0.39 is 10.0 Å². The fourth-order valence-corrected chi connectivity index (χ4v) is 3.62. The summed E-state index contributed by atoms with van der Waals surface area (Å²) in [5.41, 5.74) is 2.18. The molecule has 0 amide bonds. The highest BCUT2D eigenvalue weighted by molar-refractivity contribution is 7.89. The fraction of sp³-hybridized carbons (Fsp3) is 0.438. The maximum Gasteiger partial charge on any atom is 0.240 e. The number of sulfonamides is 1. The van der Waals surface area contributed by atoms with Crippen LogP contribution < -0.4 is 9.46 Å². The van der Waals surface area contributed by atoms with E-state index in [9.17, 15) is 8.42 Å². The largest absolute Gasteiger partial charge is 0.494 e. The molecule has 2 aromatic rings. The number of nitrogens with zero attached hydrogens (tertiary/aromatic N) is 1. The summed E-state index contributed by atoms with van der Waals surface area (Å²) >= 11 is 0. The molecular formula is C16H22N2O4S. The van der Waals surface area contributed by atoms with E-state index in [-0.39, 0.29) is 11.4 Å². The monoisotopic (exact) mass is 338 g/mol. The SMILES string of the molecule is CCOc1cc(C)c(S(=O)(=O)NCCc2coc(C)n2)cc1C. The Labute approximate surface area is 136 Å². The first-order valence-electron chi connectivity index (χ1n) is 7.48. The van der Waals surface area contributed by atoms with Gasteiger partial charge in [-0.2, -0.15) is 0 Å². The molecule has 0 unspecified atom stereocenters. The molecule has 0 aliphatic heterocycles. The van der Waals surface area contributed by atoms with Gasteiger partial charge < -0.3 is 9.15 Å². The molecule has 2 rings (SSSR count). The average molecular weight is 338 g/mol. The van der Waals surface area contributed by atoms with Crippen LogP contribution in [0.2, 0.25) is 0 Å². The quantitative estimate of drug-likeness (QED) is 0.839. The first-order chi connectivity index (χ1) is 10.8. The number of aryl methyl sites for hydroxylation is 3. The van der Waals surface area contributed by atoms with Gasteiger partial charge in [0.05, 0.1) is 17.2 Å². The second-order valence-corrected chi connectivity index (χ2v) is 7.06. The van der Waals surface area contributed by atoms with Crippen LogP contribution >= 0.6 is 0 Å². The van der Waals surface area contributed by atoms with E-state index in [0.29, 0.717) is 30.2 Å². The van der Waals surface area contributed by atoms with Gasteiger partial charge in [-0.05, 0) is 44.0 Å². The number of oxazole rings is 1. The third kappa shape index (κ3) is 4.33. The van der Waals surface area contributed by atoms with Crippen molar-refractivity contribution in [3.63, 3.8) is 0 Å². The van der Waals surface area contributed by atoms with E-state index >= 15 is 0 Å². The Balaban J connectivity index is 2.11. The molecule has 1 heterocycles. The summed E-state index contributed by atoms with van der Waals surface area (Å²) in [5, 5.41) is 0. The lowest BCUT2D eigenvalue weighted by Crippen LogP contribution is -2.26. The van der Waals surface area contributed by atoms with Crippen LogP contribution in [0.5, 0.6) is 5.75 Å². The van der Waals surface area contributed by atoms with Crippen LogP contribution in [-0.4, -0.2) is 26.6 Å². The Bertz CT molecular complexity index is 781. The van der Waals surface area contributed by atoms with Gasteiger partial charge in [-0.3, -0.25) is 0 Å². The fourth-order valence-electron chi connectivity index (χ4n) is 2.28. The van der Waals surface area contributed by atoms with Gasteiger partial charge in [0.1, 0.15) is 12.0 Å². The molecule has 6 nitrogen and oxygen atoms in total. The molecule has 23 heavy (non-hydrogen) atoms. The van der Waals surface area contributed by atoms with Gasteiger partial charge in [-0.15, -0.1) is 0 Å². The standard InChI is InChI=1S/C16H22N2O4S/c1-5-21-15-8-12(3)16(9-11(15)2)23(19,20)17-7-6-14-10-22-13(4)18-14/h8-10,17H,5-7H2,1-4H3. The maximum absolute atomic E-state index is 12.5. The van der Waals surface area contributed by atoms with Crippen molar-refractivity contribution in [3.8, 4) is 5.75 Å². The van der Waals surface area contributed by atoms with Gasteiger partial charge in [-0.25, -0.2) is 18.1 Å². The van der Waals surface area contributed by atoms with Crippen molar-refractivity contribution in [1.29, 1.82) is 0 Å². The zero-order chi connectivity index (χ0) is 17.0. The smallest absolute Gasteiger partial charge is 0.240 e.